The van der Waals surface area contributed by atoms with Gasteiger partial charge in [-0.15, -0.1) is 0 Å². The Kier molecular flexibility index (Phi) is 9.10. The standard InChI is InChI=1S/C44H56FN3O8/c1-22-21-47(18-17-46-22)36-34(45)23(2)31-35(38(36)55-8)48(26-10-11-26)24(3)32(37(31)51)39(52)56-41(4,5)40(53)44(54)16-14-29-28-12-9-25-19-27(49)13-15-42(25,6)33(28)30(50)20-43(29,44)7/h13,15,19,22,26,28-30,33,46,50,54H,9-12,14,16-18,20-21H2,1-8H3/t22?,28-,29-,30-,33+,42-,43-,44-/m0/s1. The number of aliphatic hydroxyl groups excluding tert-OH is 1. The van der Waals surface area contributed by atoms with E-state index >= 15 is 4.39 Å². The number of Topliss-reactive ketones (excluding diaryl/α,β-unsaturated/α-hetero) is 1. The zero-order valence-corrected chi connectivity index (χ0v) is 33.9. The SMILES string of the molecule is COc1c(N2CCNC(C)C2)c(F)c(C)c2c(=O)c(C(=O)OC(C)(C)C(=O)[C@@]3(O)CC[C@H]4[C@@H]5CCC6=CC(=O)C=C[C@]6(C)[C@H]5[C@@H](O)C[C@@]43C)c(C)n(C3CC3)c12. The zero-order valence-electron chi connectivity index (χ0n) is 33.9. The highest BCUT2D eigenvalue weighted by molar-refractivity contribution is 6.03. The molecule has 0 spiro atoms. The van der Waals surface area contributed by atoms with Gasteiger partial charge in [0, 0.05) is 59.7 Å². The Balaban J connectivity index is 1.14. The van der Waals surface area contributed by atoms with E-state index in [1.807, 2.05) is 29.4 Å². The summed E-state index contributed by atoms with van der Waals surface area (Å²) < 4.78 is 30.4. The first kappa shape index (κ1) is 39.0. The molecule has 1 aromatic heterocycles. The van der Waals surface area contributed by atoms with Gasteiger partial charge in [-0.05, 0) is 104 Å². The van der Waals surface area contributed by atoms with Crippen LogP contribution in [0.15, 0.2) is 28.6 Å². The number of aromatic nitrogens is 1. The van der Waals surface area contributed by atoms with Gasteiger partial charge >= 0.3 is 5.97 Å². The van der Waals surface area contributed by atoms with Crippen molar-refractivity contribution in [3.63, 3.8) is 0 Å². The third-order valence-electron chi connectivity index (χ3n) is 14.9. The fourth-order valence-electron chi connectivity index (χ4n) is 12.0. The predicted molar refractivity (Wildman–Crippen MR) is 210 cm³/mol. The summed E-state index contributed by atoms with van der Waals surface area (Å²) in [7, 11) is 1.47. The van der Waals surface area contributed by atoms with Crippen molar-refractivity contribution >= 4 is 34.1 Å². The molecule has 5 fully saturated rings. The lowest BCUT2D eigenvalue weighted by Gasteiger charge is -2.59. The fourth-order valence-corrected chi connectivity index (χ4v) is 12.0. The van der Waals surface area contributed by atoms with Gasteiger partial charge in [-0.3, -0.25) is 14.4 Å². The minimum absolute atomic E-state index is 0.00602. The lowest BCUT2D eigenvalue weighted by Crippen LogP contribution is -2.64. The lowest BCUT2D eigenvalue weighted by atomic mass is 9.46. The summed E-state index contributed by atoms with van der Waals surface area (Å²) in [4.78, 5) is 57.9. The van der Waals surface area contributed by atoms with Gasteiger partial charge in [-0.2, -0.15) is 0 Å². The number of fused-ring (bicyclic) bond motifs is 6. The quantitative estimate of drug-likeness (QED) is 0.312. The van der Waals surface area contributed by atoms with Crippen LogP contribution in [0.1, 0.15) is 107 Å². The van der Waals surface area contributed by atoms with E-state index in [-0.39, 0.29) is 70.7 Å². The van der Waals surface area contributed by atoms with E-state index in [9.17, 15) is 29.4 Å². The maximum absolute atomic E-state index is 16.6. The molecule has 6 aliphatic rings. The molecular weight excluding hydrogens is 717 g/mol. The second-order valence-electron chi connectivity index (χ2n) is 18.6. The Labute approximate surface area is 327 Å². The molecule has 56 heavy (non-hydrogen) atoms. The number of pyridine rings is 1. The fraction of sp³-hybridized carbons (Fsp3) is 0.636. The van der Waals surface area contributed by atoms with Crippen LogP contribution in [-0.4, -0.2) is 82.4 Å². The number of aliphatic hydroxyl groups is 2. The van der Waals surface area contributed by atoms with E-state index < -0.39 is 51.1 Å². The molecule has 11 nitrogen and oxygen atoms in total. The number of benzene rings is 1. The molecule has 4 saturated carbocycles. The number of nitrogens with zero attached hydrogens (tertiary/aromatic N) is 2. The molecule has 0 radical (unpaired) electrons. The van der Waals surface area contributed by atoms with Gasteiger partial charge in [0.05, 0.1) is 24.1 Å². The maximum atomic E-state index is 16.6. The van der Waals surface area contributed by atoms with Gasteiger partial charge in [0.15, 0.2) is 23.0 Å². The minimum Gasteiger partial charge on any atom is -0.492 e. The van der Waals surface area contributed by atoms with Crippen LogP contribution in [0.3, 0.4) is 0 Å². The molecule has 1 saturated heterocycles. The summed E-state index contributed by atoms with van der Waals surface area (Å²) in [5, 5.41) is 27.9. The van der Waals surface area contributed by atoms with Crippen molar-refractivity contribution in [2.45, 2.75) is 123 Å². The first-order chi connectivity index (χ1) is 26.3. The topological polar surface area (TPSA) is 147 Å². The summed E-state index contributed by atoms with van der Waals surface area (Å²) in [5.41, 5.74) is -4.12. The number of nitrogens with one attached hydrogen (secondary N) is 1. The molecule has 8 rings (SSSR count). The number of hydrogen-bond acceptors (Lipinski definition) is 10. The molecule has 12 heteroatoms. The van der Waals surface area contributed by atoms with Crippen LogP contribution >= 0.6 is 0 Å². The smallest absolute Gasteiger partial charge is 0.344 e. The van der Waals surface area contributed by atoms with Gasteiger partial charge < -0.3 is 34.5 Å². The number of anilines is 1. The summed E-state index contributed by atoms with van der Waals surface area (Å²) in [6.07, 6.45) is 8.18. The molecule has 1 aliphatic heterocycles. The highest BCUT2D eigenvalue weighted by Crippen LogP contribution is 2.67. The van der Waals surface area contributed by atoms with Crippen LogP contribution in [0.5, 0.6) is 5.75 Å². The summed E-state index contributed by atoms with van der Waals surface area (Å²) >= 11 is 0. The average Bonchev–Trinajstić information content (AvgIpc) is 3.93. The number of aryl methyl sites for hydroxylation is 1. The third kappa shape index (κ3) is 5.44. The number of esters is 1. The first-order valence-corrected chi connectivity index (χ1v) is 20.4. The van der Waals surface area contributed by atoms with Gasteiger partial charge in [-0.1, -0.05) is 25.5 Å². The largest absolute Gasteiger partial charge is 0.492 e. The molecule has 302 valence electrons. The maximum Gasteiger partial charge on any atom is 0.344 e. The van der Waals surface area contributed by atoms with Crippen molar-refractivity contribution in [2.24, 2.45) is 28.6 Å². The Morgan fingerprint density at radius 3 is 2.48 bits per heavy atom. The second-order valence-corrected chi connectivity index (χ2v) is 18.6. The summed E-state index contributed by atoms with van der Waals surface area (Å²) in [6, 6.07) is 0.0577. The van der Waals surface area contributed by atoms with Crippen molar-refractivity contribution in [1.82, 2.24) is 9.88 Å². The molecule has 0 amide bonds. The van der Waals surface area contributed by atoms with Crippen LogP contribution in [0.4, 0.5) is 10.1 Å². The average molecular weight is 774 g/mol. The van der Waals surface area contributed by atoms with Gasteiger partial charge in [0.1, 0.15) is 16.9 Å². The molecule has 2 heterocycles. The molecule has 1 aromatic carbocycles. The van der Waals surface area contributed by atoms with Crippen LogP contribution < -0.4 is 20.4 Å². The van der Waals surface area contributed by atoms with E-state index in [1.165, 1.54) is 21.0 Å². The van der Waals surface area contributed by atoms with E-state index in [4.69, 9.17) is 9.47 Å². The summed E-state index contributed by atoms with van der Waals surface area (Å²) in [6.45, 7) is 13.8. The molecule has 5 aliphatic carbocycles. The minimum atomic E-state index is -1.93. The van der Waals surface area contributed by atoms with Crippen molar-refractivity contribution in [3.05, 3.63) is 56.7 Å². The molecule has 2 aromatic rings. The van der Waals surface area contributed by atoms with E-state index in [0.717, 1.165) is 24.8 Å². The van der Waals surface area contributed by atoms with Crippen molar-refractivity contribution in [1.29, 1.82) is 0 Å². The highest BCUT2D eigenvalue weighted by Gasteiger charge is 2.70. The number of ether oxygens (including phenoxy) is 2. The number of carbonyl (C=O) groups is 3. The van der Waals surface area contributed by atoms with Crippen LogP contribution in [0.2, 0.25) is 0 Å². The Morgan fingerprint density at radius 2 is 1.82 bits per heavy atom. The van der Waals surface area contributed by atoms with Gasteiger partial charge in [0.2, 0.25) is 11.2 Å². The number of ketones is 2. The number of halogens is 1. The second kappa shape index (κ2) is 13.1. The predicted octanol–water partition coefficient (Wildman–Crippen LogP) is 5.41. The van der Waals surface area contributed by atoms with Gasteiger partial charge in [0.25, 0.3) is 0 Å². The third-order valence-corrected chi connectivity index (χ3v) is 14.9. The van der Waals surface area contributed by atoms with Crippen LogP contribution in [0.25, 0.3) is 10.9 Å². The molecule has 0 bridgehead atoms. The van der Waals surface area contributed by atoms with Gasteiger partial charge in [-0.25, -0.2) is 9.18 Å². The van der Waals surface area contributed by atoms with Crippen molar-refractivity contribution in [3.8, 4) is 5.75 Å². The zero-order chi connectivity index (χ0) is 40.4. The van der Waals surface area contributed by atoms with Crippen LogP contribution in [-0.2, 0) is 14.3 Å². The molecule has 3 N–H and O–H groups in total. The number of hydrogen-bond donors (Lipinski definition) is 3. The van der Waals surface area contributed by atoms with Crippen molar-refractivity contribution in [2.75, 3.05) is 31.6 Å². The number of methoxy groups -OCH3 is 1. The number of carbonyl (C=O) groups excluding carboxylic acids is 3. The monoisotopic (exact) mass is 773 g/mol. The van der Waals surface area contributed by atoms with E-state index in [0.29, 0.717) is 49.4 Å². The Bertz CT molecular complexity index is 2190. The van der Waals surface area contributed by atoms with Crippen molar-refractivity contribution < 1.29 is 38.5 Å². The Morgan fingerprint density at radius 1 is 1.11 bits per heavy atom. The Hall–Kier alpha value is -3.87. The first-order valence-electron chi connectivity index (χ1n) is 20.4. The van der Waals surface area contributed by atoms with E-state index in [2.05, 4.69) is 12.2 Å². The number of allylic oxidation sites excluding steroid dienone is 4. The normalized spacial score (nSPS) is 34.1. The molecule has 8 atom stereocenters. The van der Waals surface area contributed by atoms with Crippen LogP contribution in [0, 0.1) is 48.2 Å². The molecular formula is C44H56FN3O8. The molecule has 1 unspecified atom stereocenters. The lowest BCUT2D eigenvalue weighted by molar-refractivity contribution is -0.188. The van der Waals surface area contributed by atoms with E-state index in [1.54, 1.807) is 26.0 Å². The number of rotatable bonds is 7. The highest BCUT2D eigenvalue weighted by atomic mass is 19.1. The number of piperazine rings is 1. The summed E-state index contributed by atoms with van der Waals surface area (Å²) in [5.74, 6) is -2.38.